The largest absolute Gasteiger partial charge is 0.398 e. The predicted molar refractivity (Wildman–Crippen MR) is 85.7 cm³/mol. The number of benzene rings is 2. The zero-order valence-corrected chi connectivity index (χ0v) is 13.2. The summed E-state index contributed by atoms with van der Waals surface area (Å²) >= 11 is 5.83. The lowest BCUT2D eigenvalue weighted by Crippen LogP contribution is -2.24. The van der Waals surface area contributed by atoms with Crippen molar-refractivity contribution < 1.29 is 8.42 Å². The third-order valence-corrected chi connectivity index (χ3v) is 4.85. The fourth-order valence-corrected chi connectivity index (χ4v) is 3.30. The van der Waals surface area contributed by atoms with Crippen LogP contribution >= 0.6 is 11.6 Å². The summed E-state index contributed by atoms with van der Waals surface area (Å²) in [6, 6.07) is 12.2. The number of anilines is 1. The molecule has 0 unspecified atom stereocenters. The van der Waals surface area contributed by atoms with Crippen molar-refractivity contribution in [2.24, 2.45) is 0 Å². The van der Waals surface area contributed by atoms with Gasteiger partial charge in [-0.15, -0.1) is 0 Å². The number of hydrogen-bond acceptors (Lipinski definition) is 3. The molecule has 0 aliphatic rings. The van der Waals surface area contributed by atoms with Gasteiger partial charge in [0.1, 0.15) is 4.90 Å². The Hall–Kier alpha value is -1.56. The average Bonchev–Trinajstić information content (AvgIpc) is 2.48. The first-order chi connectivity index (χ1) is 9.92. The maximum atomic E-state index is 12.3. The number of aryl methyl sites for hydroxylation is 1. The minimum absolute atomic E-state index is 0.000165. The van der Waals surface area contributed by atoms with Gasteiger partial charge in [0.2, 0.25) is 10.0 Å². The standard InChI is InChI=1S/C15H17ClN2O2S/c1-2-11-3-5-12(6-4-11)10-18-21(19,20)15-9-13(16)7-8-14(15)17/h3-9,18H,2,10,17H2,1H3. The SMILES string of the molecule is CCc1ccc(CNS(=O)(=O)c2cc(Cl)ccc2N)cc1. The average molecular weight is 325 g/mol. The first kappa shape index (κ1) is 15.8. The van der Waals surface area contributed by atoms with Crippen molar-refractivity contribution in [1.82, 2.24) is 4.72 Å². The van der Waals surface area contributed by atoms with Crippen LogP contribution in [0.25, 0.3) is 0 Å². The van der Waals surface area contributed by atoms with Crippen molar-refractivity contribution in [3.63, 3.8) is 0 Å². The van der Waals surface area contributed by atoms with Gasteiger partial charge in [-0.2, -0.15) is 0 Å². The number of nitrogen functional groups attached to an aromatic ring is 1. The molecule has 0 fully saturated rings. The van der Waals surface area contributed by atoms with Crippen LogP contribution in [0.15, 0.2) is 47.4 Å². The van der Waals surface area contributed by atoms with Gasteiger partial charge in [0.25, 0.3) is 0 Å². The van der Waals surface area contributed by atoms with E-state index in [1.54, 1.807) is 6.07 Å². The second-order valence-electron chi connectivity index (χ2n) is 4.68. The lowest BCUT2D eigenvalue weighted by Gasteiger charge is -2.10. The number of sulfonamides is 1. The second-order valence-corrected chi connectivity index (χ2v) is 6.85. The van der Waals surface area contributed by atoms with Gasteiger partial charge >= 0.3 is 0 Å². The van der Waals surface area contributed by atoms with E-state index < -0.39 is 10.0 Å². The van der Waals surface area contributed by atoms with Crippen LogP contribution in [0.4, 0.5) is 5.69 Å². The summed E-state index contributed by atoms with van der Waals surface area (Å²) in [7, 11) is -3.69. The molecule has 0 aliphatic carbocycles. The lowest BCUT2D eigenvalue weighted by molar-refractivity contribution is 0.581. The fraction of sp³-hybridized carbons (Fsp3) is 0.200. The van der Waals surface area contributed by atoms with Crippen LogP contribution in [-0.4, -0.2) is 8.42 Å². The van der Waals surface area contributed by atoms with Crippen molar-refractivity contribution in [2.75, 3.05) is 5.73 Å². The molecule has 0 atom stereocenters. The Kier molecular flexibility index (Phi) is 4.88. The number of halogens is 1. The molecule has 0 aromatic heterocycles. The highest BCUT2D eigenvalue weighted by Gasteiger charge is 2.17. The Bertz CT molecular complexity index is 728. The van der Waals surface area contributed by atoms with E-state index in [0.29, 0.717) is 5.02 Å². The summed E-state index contributed by atoms with van der Waals surface area (Å²) < 4.78 is 27.0. The minimum Gasteiger partial charge on any atom is -0.398 e. The number of nitrogens with two attached hydrogens (primary N) is 1. The maximum absolute atomic E-state index is 12.3. The smallest absolute Gasteiger partial charge is 0.242 e. The quantitative estimate of drug-likeness (QED) is 0.830. The van der Waals surface area contributed by atoms with Crippen LogP contribution in [0.1, 0.15) is 18.1 Å². The highest BCUT2D eigenvalue weighted by Crippen LogP contribution is 2.22. The third kappa shape index (κ3) is 3.97. The summed E-state index contributed by atoms with van der Waals surface area (Å²) in [5.74, 6) is 0. The van der Waals surface area contributed by atoms with Crippen molar-refractivity contribution in [2.45, 2.75) is 24.8 Å². The molecule has 0 saturated carbocycles. The molecule has 0 heterocycles. The molecule has 2 rings (SSSR count). The van der Waals surface area contributed by atoms with E-state index >= 15 is 0 Å². The topological polar surface area (TPSA) is 72.2 Å². The van der Waals surface area contributed by atoms with Crippen molar-refractivity contribution in [3.05, 3.63) is 58.6 Å². The van der Waals surface area contributed by atoms with Crippen LogP contribution in [0.5, 0.6) is 0 Å². The predicted octanol–water partition coefficient (Wildman–Crippen LogP) is 2.96. The van der Waals surface area contributed by atoms with Crippen molar-refractivity contribution in [1.29, 1.82) is 0 Å². The summed E-state index contributed by atoms with van der Waals surface area (Å²) in [6.07, 6.45) is 0.949. The van der Waals surface area contributed by atoms with E-state index in [4.69, 9.17) is 17.3 Å². The molecule has 0 saturated heterocycles. The van der Waals surface area contributed by atoms with Crippen LogP contribution in [0.2, 0.25) is 5.02 Å². The van der Waals surface area contributed by atoms with Gasteiger partial charge in [0, 0.05) is 11.6 Å². The number of nitrogens with one attached hydrogen (secondary N) is 1. The maximum Gasteiger partial charge on any atom is 0.242 e. The monoisotopic (exact) mass is 324 g/mol. The molecule has 0 radical (unpaired) electrons. The van der Waals surface area contributed by atoms with Gasteiger partial charge in [-0.3, -0.25) is 0 Å². The van der Waals surface area contributed by atoms with E-state index in [9.17, 15) is 8.42 Å². The highest BCUT2D eigenvalue weighted by atomic mass is 35.5. The Morgan fingerprint density at radius 2 is 1.71 bits per heavy atom. The lowest BCUT2D eigenvalue weighted by atomic mass is 10.1. The third-order valence-electron chi connectivity index (χ3n) is 3.16. The second kappa shape index (κ2) is 6.47. The fourth-order valence-electron chi connectivity index (χ4n) is 1.89. The van der Waals surface area contributed by atoms with Crippen LogP contribution in [0.3, 0.4) is 0 Å². The minimum atomic E-state index is -3.69. The van der Waals surface area contributed by atoms with Crippen molar-refractivity contribution >= 4 is 27.3 Å². The number of hydrogen-bond donors (Lipinski definition) is 2. The molecule has 3 N–H and O–H groups in total. The molecule has 2 aromatic carbocycles. The van der Waals surface area contributed by atoms with Gasteiger partial charge in [0.15, 0.2) is 0 Å². The van der Waals surface area contributed by atoms with Gasteiger partial charge in [0.05, 0.1) is 5.69 Å². The Morgan fingerprint density at radius 1 is 1.10 bits per heavy atom. The Labute approximate surface area is 130 Å². The molecular formula is C15H17ClN2O2S. The number of rotatable bonds is 5. The summed E-state index contributed by atoms with van der Waals surface area (Å²) in [5.41, 5.74) is 7.97. The molecule has 0 aliphatic heterocycles. The Morgan fingerprint density at radius 3 is 2.33 bits per heavy atom. The molecular weight excluding hydrogens is 308 g/mol. The first-order valence-corrected chi connectivity index (χ1v) is 8.41. The van der Waals surface area contributed by atoms with E-state index in [-0.39, 0.29) is 17.1 Å². The van der Waals surface area contributed by atoms with Crippen LogP contribution in [0, 0.1) is 0 Å². The van der Waals surface area contributed by atoms with Gasteiger partial charge in [-0.05, 0) is 35.7 Å². The molecule has 0 spiro atoms. The Balaban J connectivity index is 2.15. The van der Waals surface area contributed by atoms with E-state index in [2.05, 4.69) is 11.6 Å². The summed E-state index contributed by atoms with van der Waals surface area (Å²) in [6.45, 7) is 2.28. The van der Waals surface area contributed by atoms with Gasteiger partial charge in [-0.25, -0.2) is 13.1 Å². The van der Waals surface area contributed by atoms with Gasteiger partial charge in [-0.1, -0.05) is 42.8 Å². The van der Waals surface area contributed by atoms with Gasteiger partial charge < -0.3 is 5.73 Å². The van der Waals surface area contributed by atoms with Crippen molar-refractivity contribution in [3.8, 4) is 0 Å². The first-order valence-electron chi connectivity index (χ1n) is 6.55. The highest BCUT2D eigenvalue weighted by molar-refractivity contribution is 7.89. The molecule has 0 bridgehead atoms. The molecule has 21 heavy (non-hydrogen) atoms. The molecule has 6 heteroatoms. The van der Waals surface area contributed by atoms with Crippen LogP contribution in [-0.2, 0) is 23.0 Å². The zero-order valence-electron chi connectivity index (χ0n) is 11.6. The summed E-state index contributed by atoms with van der Waals surface area (Å²) in [4.78, 5) is 0.000165. The van der Waals surface area contributed by atoms with E-state index in [1.165, 1.54) is 17.7 Å². The zero-order chi connectivity index (χ0) is 15.5. The van der Waals surface area contributed by atoms with E-state index in [1.807, 2.05) is 24.3 Å². The van der Waals surface area contributed by atoms with E-state index in [0.717, 1.165) is 12.0 Å². The molecule has 0 amide bonds. The molecule has 2 aromatic rings. The molecule has 4 nitrogen and oxygen atoms in total. The normalized spacial score (nSPS) is 11.5. The molecule has 112 valence electrons. The van der Waals surface area contributed by atoms with Crippen LogP contribution < -0.4 is 10.5 Å². The summed E-state index contributed by atoms with van der Waals surface area (Å²) in [5, 5.41) is 0.330.